The Labute approximate surface area is 131 Å². The van der Waals surface area contributed by atoms with Crippen molar-refractivity contribution in [2.24, 2.45) is 0 Å². The van der Waals surface area contributed by atoms with Crippen LogP contribution >= 0.6 is 11.6 Å². The van der Waals surface area contributed by atoms with E-state index in [0.717, 1.165) is 32.2 Å². The summed E-state index contributed by atoms with van der Waals surface area (Å²) in [5.41, 5.74) is 0.583. The van der Waals surface area contributed by atoms with Gasteiger partial charge in [-0.2, -0.15) is 0 Å². The highest BCUT2D eigenvalue weighted by Gasteiger charge is 2.28. The molecule has 0 aliphatic carbocycles. The minimum atomic E-state index is 0.0179. The first-order valence-corrected chi connectivity index (χ1v) is 7.83. The molecular formula is C16H22ClNO3. The van der Waals surface area contributed by atoms with E-state index < -0.39 is 0 Å². The lowest BCUT2D eigenvalue weighted by molar-refractivity contribution is 0.0606. The summed E-state index contributed by atoms with van der Waals surface area (Å²) in [7, 11) is 3.16. The van der Waals surface area contributed by atoms with E-state index in [2.05, 4.69) is 0 Å². The van der Waals surface area contributed by atoms with E-state index in [-0.39, 0.29) is 11.9 Å². The van der Waals surface area contributed by atoms with Gasteiger partial charge in [0.1, 0.15) is 11.5 Å². The zero-order valence-electron chi connectivity index (χ0n) is 12.6. The van der Waals surface area contributed by atoms with E-state index >= 15 is 0 Å². The maximum absolute atomic E-state index is 12.8. The third-order valence-corrected chi connectivity index (χ3v) is 4.19. The molecule has 4 nitrogen and oxygen atoms in total. The number of hydrogen-bond acceptors (Lipinski definition) is 3. The van der Waals surface area contributed by atoms with Crippen molar-refractivity contribution in [3.63, 3.8) is 0 Å². The number of carbonyl (C=O) groups is 1. The predicted octanol–water partition coefficient (Wildman–Crippen LogP) is 3.33. The fourth-order valence-electron chi connectivity index (χ4n) is 2.82. The van der Waals surface area contributed by atoms with Gasteiger partial charge in [-0.25, -0.2) is 0 Å². The highest BCUT2D eigenvalue weighted by Crippen LogP contribution is 2.29. The molecular weight excluding hydrogens is 290 g/mol. The standard InChI is InChI=1S/C16H22ClNO3/c1-20-13-6-7-14(15(11-13)21-2)16(19)18-10-4-3-5-12(18)8-9-17/h6-7,11-12H,3-5,8-10H2,1-2H3. The summed E-state index contributed by atoms with van der Waals surface area (Å²) in [5.74, 6) is 1.83. The molecule has 5 heteroatoms. The van der Waals surface area contributed by atoms with Gasteiger partial charge in [-0.05, 0) is 37.8 Å². The van der Waals surface area contributed by atoms with Crippen molar-refractivity contribution in [2.45, 2.75) is 31.7 Å². The van der Waals surface area contributed by atoms with Gasteiger partial charge in [0, 0.05) is 24.5 Å². The van der Waals surface area contributed by atoms with Crippen LogP contribution in [-0.2, 0) is 0 Å². The summed E-state index contributed by atoms with van der Waals surface area (Å²) < 4.78 is 10.5. The van der Waals surface area contributed by atoms with Gasteiger partial charge in [0.25, 0.3) is 5.91 Å². The molecule has 1 aromatic rings. The summed E-state index contributed by atoms with van der Waals surface area (Å²) in [6.07, 6.45) is 4.07. The van der Waals surface area contributed by atoms with Gasteiger partial charge in [0.2, 0.25) is 0 Å². The molecule has 0 saturated carbocycles. The molecule has 1 aromatic carbocycles. The van der Waals surface area contributed by atoms with Crippen molar-refractivity contribution in [3.05, 3.63) is 23.8 Å². The second-order valence-corrected chi connectivity index (χ2v) is 5.57. The molecule has 1 amide bonds. The number of rotatable bonds is 5. The Morgan fingerprint density at radius 2 is 2.14 bits per heavy atom. The summed E-state index contributed by atoms with van der Waals surface area (Å²) in [6.45, 7) is 0.787. The molecule has 1 atom stereocenters. The Hall–Kier alpha value is -1.42. The largest absolute Gasteiger partial charge is 0.497 e. The van der Waals surface area contributed by atoms with Crippen molar-refractivity contribution in [2.75, 3.05) is 26.6 Å². The van der Waals surface area contributed by atoms with Crippen molar-refractivity contribution in [1.82, 2.24) is 4.90 Å². The summed E-state index contributed by atoms with van der Waals surface area (Å²) in [4.78, 5) is 14.8. The van der Waals surface area contributed by atoms with Crippen LogP contribution in [0.2, 0.25) is 0 Å². The summed E-state index contributed by atoms with van der Waals surface area (Å²) in [6, 6.07) is 5.53. The van der Waals surface area contributed by atoms with Crippen molar-refractivity contribution in [3.8, 4) is 11.5 Å². The zero-order valence-corrected chi connectivity index (χ0v) is 13.4. The normalized spacial score (nSPS) is 18.4. The first-order chi connectivity index (χ1) is 10.2. The van der Waals surface area contributed by atoms with Crippen LogP contribution in [0.15, 0.2) is 18.2 Å². The van der Waals surface area contributed by atoms with Crippen LogP contribution in [0.1, 0.15) is 36.0 Å². The van der Waals surface area contributed by atoms with Gasteiger partial charge < -0.3 is 14.4 Å². The minimum Gasteiger partial charge on any atom is -0.497 e. The maximum Gasteiger partial charge on any atom is 0.257 e. The van der Waals surface area contributed by atoms with Gasteiger partial charge in [-0.15, -0.1) is 11.6 Å². The third-order valence-electron chi connectivity index (χ3n) is 3.97. The number of benzene rings is 1. The number of alkyl halides is 1. The van der Waals surface area contributed by atoms with Crippen molar-refractivity contribution >= 4 is 17.5 Å². The van der Waals surface area contributed by atoms with Crippen molar-refractivity contribution < 1.29 is 14.3 Å². The number of nitrogens with zero attached hydrogens (tertiary/aromatic N) is 1. The van der Waals surface area contributed by atoms with E-state index in [1.54, 1.807) is 32.4 Å². The van der Waals surface area contributed by atoms with E-state index in [4.69, 9.17) is 21.1 Å². The third kappa shape index (κ3) is 3.62. The molecule has 0 N–H and O–H groups in total. The highest BCUT2D eigenvalue weighted by molar-refractivity contribution is 6.17. The number of hydrogen-bond donors (Lipinski definition) is 0. The van der Waals surface area contributed by atoms with Gasteiger partial charge in [0.15, 0.2) is 0 Å². The van der Waals surface area contributed by atoms with Crippen LogP contribution in [0.25, 0.3) is 0 Å². The van der Waals surface area contributed by atoms with E-state index in [0.29, 0.717) is 22.9 Å². The monoisotopic (exact) mass is 311 g/mol. The van der Waals surface area contributed by atoms with Crippen LogP contribution in [0, 0.1) is 0 Å². The minimum absolute atomic E-state index is 0.0179. The molecule has 1 aliphatic heterocycles. The number of piperidine rings is 1. The highest BCUT2D eigenvalue weighted by atomic mass is 35.5. The fraction of sp³-hybridized carbons (Fsp3) is 0.562. The molecule has 21 heavy (non-hydrogen) atoms. The fourth-order valence-corrected chi connectivity index (χ4v) is 3.08. The van der Waals surface area contributed by atoms with Gasteiger partial charge in [-0.3, -0.25) is 4.79 Å². The van der Waals surface area contributed by atoms with Crippen LogP contribution in [0.3, 0.4) is 0 Å². The molecule has 1 aliphatic rings. The van der Waals surface area contributed by atoms with Crippen LogP contribution in [-0.4, -0.2) is 43.5 Å². The molecule has 0 spiro atoms. The lowest BCUT2D eigenvalue weighted by Gasteiger charge is -2.36. The van der Waals surface area contributed by atoms with Gasteiger partial charge >= 0.3 is 0 Å². The quantitative estimate of drug-likeness (QED) is 0.783. The molecule has 1 heterocycles. The number of halogens is 1. The number of carbonyl (C=O) groups excluding carboxylic acids is 1. The lowest BCUT2D eigenvalue weighted by atomic mass is 9.98. The molecule has 0 bridgehead atoms. The second kappa shape index (κ2) is 7.55. The van der Waals surface area contributed by atoms with Crippen LogP contribution < -0.4 is 9.47 Å². The van der Waals surface area contributed by atoms with E-state index in [1.807, 2.05) is 4.90 Å². The first-order valence-electron chi connectivity index (χ1n) is 7.30. The van der Waals surface area contributed by atoms with Crippen LogP contribution in [0.4, 0.5) is 0 Å². The Morgan fingerprint density at radius 3 is 2.81 bits per heavy atom. The van der Waals surface area contributed by atoms with Gasteiger partial charge in [-0.1, -0.05) is 0 Å². The molecule has 116 valence electrons. The second-order valence-electron chi connectivity index (χ2n) is 5.19. The van der Waals surface area contributed by atoms with E-state index in [1.165, 1.54) is 0 Å². The summed E-state index contributed by atoms with van der Waals surface area (Å²) >= 11 is 5.87. The smallest absolute Gasteiger partial charge is 0.257 e. The average molecular weight is 312 g/mol. The predicted molar refractivity (Wildman–Crippen MR) is 83.6 cm³/mol. The number of ether oxygens (including phenoxy) is 2. The summed E-state index contributed by atoms with van der Waals surface area (Å²) in [5, 5.41) is 0. The SMILES string of the molecule is COc1ccc(C(=O)N2CCCCC2CCCl)c(OC)c1. The van der Waals surface area contributed by atoms with Gasteiger partial charge in [0.05, 0.1) is 19.8 Å². The Kier molecular flexibility index (Phi) is 5.74. The lowest BCUT2D eigenvalue weighted by Crippen LogP contribution is -2.44. The Balaban J connectivity index is 2.25. The maximum atomic E-state index is 12.8. The Morgan fingerprint density at radius 1 is 1.33 bits per heavy atom. The number of amides is 1. The molecule has 1 unspecified atom stereocenters. The molecule has 1 saturated heterocycles. The average Bonchev–Trinajstić information content (AvgIpc) is 2.54. The molecule has 0 radical (unpaired) electrons. The molecule has 2 rings (SSSR count). The van der Waals surface area contributed by atoms with Crippen LogP contribution in [0.5, 0.6) is 11.5 Å². The Bertz CT molecular complexity index is 490. The topological polar surface area (TPSA) is 38.8 Å². The molecule has 0 aromatic heterocycles. The first kappa shape index (κ1) is 16.0. The molecule has 1 fully saturated rings. The van der Waals surface area contributed by atoms with E-state index in [9.17, 15) is 4.79 Å². The number of methoxy groups -OCH3 is 2. The number of likely N-dealkylation sites (tertiary alicyclic amines) is 1. The zero-order chi connectivity index (χ0) is 15.2. The van der Waals surface area contributed by atoms with Crippen molar-refractivity contribution in [1.29, 1.82) is 0 Å².